The molecule has 138 valence electrons. The average Bonchev–Trinajstić information content (AvgIpc) is 2.66. The van der Waals surface area contributed by atoms with Crippen LogP contribution in [0.25, 0.3) is 0 Å². The van der Waals surface area contributed by atoms with Crippen molar-refractivity contribution in [1.29, 1.82) is 0 Å². The molecule has 1 N–H and O–H groups in total. The number of carbonyl (C=O) groups excluding carboxylic acids is 2. The number of amides is 1. The number of para-hydroxylation sites is 1. The first-order valence-electron chi connectivity index (χ1n) is 7.89. The molecule has 1 unspecified atom stereocenters. The van der Waals surface area contributed by atoms with Crippen LogP contribution in [0.15, 0.2) is 46.9 Å². The molecule has 1 amide bonds. The summed E-state index contributed by atoms with van der Waals surface area (Å²) >= 11 is 3.32. The third kappa shape index (κ3) is 4.98. The van der Waals surface area contributed by atoms with Crippen molar-refractivity contribution in [2.24, 2.45) is 0 Å². The summed E-state index contributed by atoms with van der Waals surface area (Å²) in [6, 6.07) is 12.0. The van der Waals surface area contributed by atoms with Crippen LogP contribution in [0.3, 0.4) is 0 Å². The van der Waals surface area contributed by atoms with Gasteiger partial charge in [-0.1, -0.05) is 18.2 Å². The van der Waals surface area contributed by atoms with Gasteiger partial charge in [0, 0.05) is 5.56 Å². The Balaban J connectivity index is 1.95. The molecule has 0 aromatic heterocycles. The number of rotatable bonds is 7. The minimum Gasteiger partial charge on any atom is -0.496 e. The molecular formula is C19H20BrNO5. The van der Waals surface area contributed by atoms with Crippen molar-refractivity contribution in [3.63, 3.8) is 0 Å². The number of hydrogen-bond donors (Lipinski definition) is 1. The summed E-state index contributed by atoms with van der Waals surface area (Å²) in [7, 11) is 2.90. The molecule has 0 spiro atoms. The van der Waals surface area contributed by atoms with Crippen molar-refractivity contribution in [3.05, 3.63) is 58.1 Å². The van der Waals surface area contributed by atoms with Gasteiger partial charge in [-0.05, 0) is 47.1 Å². The SMILES string of the molecule is COC(=O)c1ccc(OCC(=O)NC(C)c2ccccc2OC)c(Br)c1. The standard InChI is InChI=1S/C19H20BrNO5/c1-12(14-6-4-5-7-16(14)24-2)21-18(22)11-26-17-9-8-13(10-15(17)20)19(23)25-3/h4-10,12H,11H2,1-3H3,(H,21,22). The number of hydrogen-bond acceptors (Lipinski definition) is 5. The van der Waals surface area contributed by atoms with E-state index in [-0.39, 0.29) is 18.6 Å². The van der Waals surface area contributed by atoms with E-state index in [9.17, 15) is 9.59 Å². The summed E-state index contributed by atoms with van der Waals surface area (Å²) in [5, 5.41) is 2.87. The van der Waals surface area contributed by atoms with E-state index in [0.29, 0.717) is 21.5 Å². The summed E-state index contributed by atoms with van der Waals surface area (Å²) in [6.07, 6.45) is 0. The van der Waals surface area contributed by atoms with E-state index in [2.05, 4.69) is 26.0 Å². The normalized spacial score (nSPS) is 11.4. The van der Waals surface area contributed by atoms with E-state index in [1.807, 2.05) is 31.2 Å². The van der Waals surface area contributed by atoms with Crippen molar-refractivity contribution in [3.8, 4) is 11.5 Å². The van der Waals surface area contributed by atoms with Crippen LogP contribution in [-0.4, -0.2) is 32.7 Å². The summed E-state index contributed by atoms with van der Waals surface area (Å²) in [4.78, 5) is 23.7. The van der Waals surface area contributed by atoms with Gasteiger partial charge < -0.3 is 19.5 Å². The van der Waals surface area contributed by atoms with Gasteiger partial charge in [0.05, 0.1) is 30.3 Å². The van der Waals surface area contributed by atoms with Gasteiger partial charge in [-0.3, -0.25) is 4.79 Å². The molecule has 0 radical (unpaired) electrons. The highest BCUT2D eigenvalue weighted by molar-refractivity contribution is 9.10. The molecule has 2 aromatic carbocycles. The Bertz CT molecular complexity index is 793. The third-order valence-corrected chi connectivity index (χ3v) is 4.31. The predicted octanol–water partition coefficient (Wildman–Crippen LogP) is 3.50. The second kappa shape index (κ2) is 9.24. The quantitative estimate of drug-likeness (QED) is 0.692. The molecule has 2 aromatic rings. The van der Waals surface area contributed by atoms with Crippen molar-refractivity contribution >= 4 is 27.8 Å². The van der Waals surface area contributed by atoms with Crippen LogP contribution in [0.5, 0.6) is 11.5 Å². The van der Waals surface area contributed by atoms with Crippen LogP contribution >= 0.6 is 15.9 Å². The maximum absolute atomic E-state index is 12.2. The summed E-state index contributed by atoms with van der Waals surface area (Å²) in [5.74, 6) is 0.452. The first kappa shape index (κ1) is 19.8. The molecule has 0 aliphatic heterocycles. The minimum atomic E-state index is -0.444. The van der Waals surface area contributed by atoms with Crippen molar-refractivity contribution in [2.45, 2.75) is 13.0 Å². The zero-order valence-electron chi connectivity index (χ0n) is 14.7. The van der Waals surface area contributed by atoms with Crippen molar-refractivity contribution in [1.82, 2.24) is 5.32 Å². The van der Waals surface area contributed by atoms with E-state index in [1.165, 1.54) is 7.11 Å². The molecular weight excluding hydrogens is 402 g/mol. The number of benzene rings is 2. The fourth-order valence-corrected chi connectivity index (χ4v) is 2.88. The largest absolute Gasteiger partial charge is 0.496 e. The molecule has 0 aliphatic rings. The van der Waals surface area contributed by atoms with Gasteiger partial charge in [-0.2, -0.15) is 0 Å². The van der Waals surface area contributed by atoms with Gasteiger partial charge in [-0.15, -0.1) is 0 Å². The Morgan fingerprint density at radius 1 is 1.12 bits per heavy atom. The summed E-state index contributed by atoms with van der Waals surface area (Å²) in [6.45, 7) is 1.71. The Kier molecular flexibility index (Phi) is 7.03. The van der Waals surface area contributed by atoms with Gasteiger partial charge in [0.25, 0.3) is 5.91 Å². The second-order valence-electron chi connectivity index (χ2n) is 5.46. The van der Waals surface area contributed by atoms with Crippen LogP contribution in [0.4, 0.5) is 0 Å². The number of halogens is 1. The monoisotopic (exact) mass is 421 g/mol. The van der Waals surface area contributed by atoms with E-state index in [0.717, 1.165) is 5.56 Å². The van der Waals surface area contributed by atoms with Crippen molar-refractivity contribution < 1.29 is 23.8 Å². The fourth-order valence-electron chi connectivity index (χ4n) is 2.39. The molecule has 7 heteroatoms. The third-order valence-electron chi connectivity index (χ3n) is 3.69. The van der Waals surface area contributed by atoms with E-state index in [1.54, 1.807) is 25.3 Å². The maximum atomic E-state index is 12.2. The molecule has 0 aliphatic carbocycles. The first-order valence-corrected chi connectivity index (χ1v) is 8.68. The van der Waals surface area contributed by atoms with Crippen LogP contribution < -0.4 is 14.8 Å². The molecule has 26 heavy (non-hydrogen) atoms. The minimum absolute atomic E-state index is 0.157. The molecule has 2 rings (SSSR count). The highest BCUT2D eigenvalue weighted by Crippen LogP contribution is 2.27. The van der Waals surface area contributed by atoms with E-state index >= 15 is 0 Å². The Labute approximate surface area is 160 Å². The molecule has 0 saturated heterocycles. The number of carbonyl (C=O) groups is 2. The van der Waals surface area contributed by atoms with Crippen LogP contribution in [0.1, 0.15) is 28.9 Å². The topological polar surface area (TPSA) is 73.9 Å². The van der Waals surface area contributed by atoms with Crippen LogP contribution in [0, 0.1) is 0 Å². The smallest absolute Gasteiger partial charge is 0.337 e. The number of ether oxygens (including phenoxy) is 3. The van der Waals surface area contributed by atoms with Crippen LogP contribution in [-0.2, 0) is 9.53 Å². The Hall–Kier alpha value is -2.54. The molecule has 0 fully saturated rings. The lowest BCUT2D eigenvalue weighted by Gasteiger charge is -2.17. The van der Waals surface area contributed by atoms with E-state index < -0.39 is 5.97 Å². The zero-order chi connectivity index (χ0) is 19.1. The lowest BCUT2D eigenvalue weighted by Crippen LogP contribution is -2.31. The van der Waals surface area contributed by atoms with Gasteiger partial charge >= 0.3 is 5.97 Å². The Morgan fingerprint density at radius 3 is 2.50 bits per heavy atom. The van der Waals surface area contributed by atoms with E-state index in [4.69, 9.17) is 9.47 Å². The molecule has 0 heterocycles. The van der Waals surface area contributed by atoms with Crippen molar-refractivity contribution in [2.75, 3.05) is 20.8 Å². The van der Waals surface area contributed by atoms with Gasteiger partial charge in [0.1, 0.15) is 11.5 Å². The second-order valence-corrected chi connectivity index (χ2v) is 6.31. The van der Waals surface area contributed by atoms with Gasteiger partial charge in [-0.25, -0.2) is 4.79 Å². The Morgan fingerprint density at radius 2 is 1.85 bits per heavy atom. The fraction of sp³-hybridized carbons (Fsp3) is 0.263. The van der Waals surface area contributed by atoms with Gasteiger partial charge in [0.15, 0.2) is 6.61 Å². The first-order chi connectivity index (χ1) is 12.5. The van der Waals surface area contributed by atoms with Crippen LogP contribution in [0.2, 0.25) is 0 Å². The lowest BCUT2D eigenvalue weighted by molar-refractivity contribution is -0.123. The number of methoxy groups -OCH3 is 2. The maximum Gasteiger partial charge on any atom is 0.337 e. The number of esters is 1. The molecule has 0 bridgehead atoms. The average molecular weight is 422 g/mol. The predicted molar refractivity (Wildman–Crippen MR) is 101 cm³/mol. The number of nitrogens with one attached hydrogen (secondary N) is 1. The molecule has 0 saturated carbocycles. The highest BCUT2D eigenvalue weighted by atomic mass is 79.9. The summed E-state index contributed by atoms with van der Waals surface area (Å²) in [5.41, 5.74) is 1.27. The summed E-state index contributed by atoms with van der Waals surface area (Å²) < 4.78 is 16.0. The zero-order valence-corrected chi connectivity index (χ0v) is 16.3. The van der Waals surface area contributed by atoms with Gasteiger partial charge in [0.2, 0.25) is 0 Å². The molecule has 6 nitrogen and oxygen atoms in total. The molecule has 1 atom stereocenters. The highest BCUT2D eigenvalue weighted by Gasteiger charge is 2.15. The lowest BCUT2D eigenvalue weighted by atomic mass is 10.1.